The van der Waals surface area contributed by atoms with Crippen molar-refractivity contribution in [2.75, 3.05) is 27.3 Å². The lowest BCUT2D eigenvalue weighted by Gasteiger charge is -2.31. The molecule has 8 heteroatoms. The summed E-state index contributed by atoms with van der Waals surface area (Å²) in [6.45, 7) is 4.43. The maximum absolute atomic E-state index is 13.0. The predicted octanol–water partition coefficient (Wildman–Crippen LogP) is 1.63. The van der Waals surface area contributed by atoms with E-state index >= 15 is 0 Å². The molecule has 2 rings (SSSR count). The first kappa shape index (κ1) is 19.5. The quantitative estimate of drug-likeness (QED) is 0.823. The van der Waals surface area contributed by atoms with E-state index in [0.717, 1.165) is 0 Å². The molecule has 1 heterocycles. The Morgan fingerprint density at radius 3 is 2.36 bits per heavy atom. The van der Waals surface area contributed by atoms with Gasteiger partial charge in [-0.3, -0.25) is 4.79 Å². The zero-order valence-corrected chi connectivity index (χ0v) is 15.9. The number of nitrogens with one attached hydrogen (secondary N) is 1. The highest BCUT2D eigenvalue weighted by Crippen LogP contribution is 2.32. The average molecular weight is 370 g/mol. The summed E-state index contributed by atoms with van der Waals surface area (Å²) in [5, 5.41) is 2.89. The molecule has 0 spiro atoms. The Bertz CT molecular complexity index is 710. The summed E-state index contributed by atoms with van der Waals surface area (Å²) < 4.78 is 37.7. The van der Waals surface area contributed by atoms with E-state index in [1.54, 1.807) is 12.1 Å². The van der Waals surface area contributed by atoms with Gasteiger partial charge in [0.1, 0.15) is 16.4 Å². The minimum atomic E-state index is -3.71. The first-order valence-corrected chi connectivity index (χ1v) is 9.76. The van der Waals surface area contributed by atoms with Crippen molar-refractivity contribution in [2.45, 2.75) is 37.6 Å². The van der Waals surface area contributed by atoms with Crippen LogP contribution < -0.4 is 14.8 Å². The molecule has 0 unspecified atom stereocenters. The standard InChI is InChI=1S/C17H26N2O5S/c1-12(2)18-17(20)13-7-9-19(10-8-13)25(21,22)16-11-14(23-3)5-6-15(16)24-4/h5-6,11-13H,7-10H2,1-4H3,(H,18,20). The van der Waals surface area contributed by atoms with E-state index in [2.05, 4.69) is 5.32 Å². The highest BCUT2D eigenvalue weighted by molar-refractivity contribution is 7.89. The lowest BCUT2D eigenvalue weighted by molar-refractivity contribution is -0.126. The third-order valence-corrected chi connectivity index (χ3v) is 6.16. The SMILES string of the molecule is COc1ccc(OC)c(S(=O)(=O)N2CCC(C(=O)NC(C)C)CC2)c1. The number of carbonyl (C=O) groups excluding carboxylic acids is 1. The topological polar surface area (TPSA) is 84.9 Å². The van der Waals surface area contributed by atoms with Crippen molar-refractivity contribution in [2.24, 2.45) is 5.92 Å². The summed E-state index contributed by atoms with van der Waals surface area (Å²) in [5.41, 5.74) is 0. The van der Waals surface area contributed by atoms with Gasteiger partial charge in [0.05, 0.1) is 14.2 Å². The van der Waals surface area contributed by atoms with E-state index in [4.69, 9.17) is 9.47 Å². The molecule has 0 radical (unpaired) electrons. The number of sulfonamides is 1. The number of hydrogen-bond donors (Lipinski definition) is 1. The maximum Gasteiger partial charge on any atom is 0.246 e. The van der Waals surface area contributed by atoms with Crippen molar-refractivity contribution in [3.05, 3.63) is 18.2 Å². The molecule has 1 saturated heterocycles. The van der Waals surface area contributed by atoms with Crippen LogP contribution in [0.4, 0.5) is 0 Å². The molecule has 1 aliphatic heterocycles. The first-order chi connectivity index (χ1) is 11.8. The number of ether oxygens (including phenoxy) is 2. The lowest BCUT2D eigenvalue weighted by Crippen LogP contribution is -2.44. The van der Waals surface area contributed by atoms with E-state index in [-0.39, 0.29) is 28.5 Å². The predicted molar refractivity (Wildman–Crippen MR) is 94.3 cm³/mol. The normalized spacial score (nSPS) is 16.7. The van der Waals surface area contributed by atoms with Crippen molar-refractivity contribution in [1.29, 1.82) is 0 Å². The van der Waals surface area contributed by atoms with Crippen LogP contribution >= 0.6 is 0 Å². The van der Waals surface area contributed by atoms with Gasteiger partial charge in [-0.25, -0.2) is 8.42 Å². The Morgan fingerprint density at radius 2 is 1.84 bits per heavy atom. The molecule has 0 bridgehead atoms. The van der Waals surface area contributed by atoms with Crippen LogP contribution in [0.1, 0.15) is 26.7 Å². The van der Waals surface area contributed by atoms with Gasteiger partial charge in [0, 0.05) is 31.1 Å². The van der Waals surface area contributed by atoms with Gasteiger partial charge in [-0.2, -0.15) is 4.31 Å². The molecule has 0 saturated carbocycles. The molecule has 140 valence electrons. The van der Waals surface area contributed by atoms with Crippen LogP contribution in [0.3, 0.4) is 0 Å². The summed E-state index contributed by atoms with van der Waals surface area (Å²) in [6.07, 6.45) is 1.01. The molecule has 1 aliphatic rings. The van der Waals surface area contributed by atoms with Gasteiger partial charge in [0.15, 0.2) is 0 Å². The fraction of sp³-hybridized carbons (Fsp3) is 0.588. The molecule has 0 atom stereocenters. The van der Waals surface area contributed by atoms with Crippen LogP contribution in [-0.4, -0.2) is 52.0 Å². The fourth-order valence-electron chi connectivity index (χ4n) is 2.89. The molecule has 0 aromatic heterocycles. The van der Waals surface area contributed by atoms with Crippen LogP contribution in [0, 0.1) is 5.92 Å². The maximum atomic E-state index is 13.0. The van der Waals surface area contributed by atoms with Crippen molar-refractivity contribution in [3.8, 4) is 11.5 Å². The third-order valence-electron chi connectivity index (χ3n) is 4.24. The summed E-state index contributed by atoms with van der Waals surface area (Å²) in [6, 6.07) is 4.77. The highest BCUT2D eigenvalue weighted by atomic mass is 32.2. The number of carbonyl (C=O) groups is 1. The molecule has 1 N–H and O–H groups in total. The summed E-state index contributed by atoms with van der Waals surface area (Å²) in [4.78, 5) is 12.2. The number of piperidine rings is 1. The number of nitrogens with zero attached hydrogens (tertiary/aromatic N) is 1. The first-order valence-electron chi connectivity index (χ1n) is 8.32. The highest BCUT2D eigenvalue weighted by Gasteiger charge is 2.34. The Balaban J connectivity index is 2.16. The van der Waals surface area contributed by atoms with E-state index in [1.165, 1.54) is 24.6 Å². The summed E-state index contributed by atoms with van der Waals surface area (Å²) in [5.74, 6) is 0.568. The van der Waals surface area contributed by atoms with E-state index < -0.39 is 10.0 Å². The monoisotopic (exact) mass is 370 g/mol. The molecule has 7 nitrogen and oxygen atoms in total. The van der Waals surface area contributed by atoms with Crippen molar-refractivity contribution < 1.29 is 22.7 Å². The second-order valence-corrected chi connectivity index (χ2v) is 8.26. The Hall–Kier alpha value is -1.80. The Labute approximate surface area is 149 Å². The lowest BCUT2D eigenvalue weighted by atomic mass is 9.97. The van der Waals surface area contributed by atoms with Crippen LogP contribution in [0.2, 0.25) is 0 Å². The van der Waals surface area contributed by atoms with Crippen molar-refractivity contribution in [1.82, 2.24) is 9.62 Å². The van der Waals surface area contributed by atoms with E-state index in [9.17, 15) is 13.2 Å². The number of benzene rings is 1. The summed E-state index contributed by atoms with van der Waals surface area (Å²) >= 11 is 0. The molecule has 1 amide bonds. The molecule has 0 aliphatic carbocycles. The van der Waals surface area contributed by atoms with Gasteiger partial charge in [0.25, 0.3) is 0 Å². The van der Waals surface area contributed by atoms with Crippen molar-refractivity contribution >= 4 is 15.9 Å². The molecule has 1 aromatic rings. The van der Waals surface area contributed by atoms with Crippen LogP contribution in [0.25, 0.3) is 0 Å². The number of methoxy groups -OCH3 is 2. The van der Waals surface area contributed by atoms with Gasteiger partial charge in [-0.15, -0.1) is 0 Å². The molecular formula is C17H26N2O5S. The zero-order valence-electron chi connectivity index (χ0n) is 15.1. The second-order valence-electron chi connectivity index (χ2n) is 6.36. The summed E-state index contributed by atoms with van der Waals surface area (Å²) in [7, 11) is -0.796. The second kappa shape index (κ2) is 8.05. The number of amides is 1. The molecular weight excluding hydrogens is 344 g/mol. The number of rotatable bonds is 6. The minimum absolute atomic E-state index is 0.00833. The Kier molecular flexibility index (Phi) is 6.29. The van der Waals surface area contributed by atoms with Crippen LogP contribution in [-0.2, 0) is 14.8 Å². The largest absolute Gasteiger partial charge is 0.497 e. The zero-order chi connectivity index (χ0) is 18.6. The minimum Gasteiger partial charge on any atom is -0.497 e. The van der Waals surface area contributed by atoms with Crippen LogP contribution in [0.5, 0.6) is 11.5 Å². The van der Waals surface area contributed by atoms with Gasteiger partial charge in [-0.1, -0.05) is 0 Å². The number of hydrogen-bond acceptors (Lipinski definition) is 5. The smallest absolute Gasteiger partial charge is 0.246 e. The van der Waals surface area contributed by atoms with Gasteiger partial charge < -0.3 is 14.8 Å². The Morgan fingerprint density at radius 1 is 1.20 bits per heavy atom. The van der Waals surface area contributed by atoms with Gasteiger partial charge in [0.2, 0.25) is 15.9 Å². The van der Waals surface area contributed by atoms with Crippen molar-refractivity contribution in [3.63, 3.8) is 0 Å². The third kappa shape index (κ3) is 4.43. The van der Waals surface area contributed by atoms with E-state index in [0.29, 0.717) is 31.7 Å². The average Bonchev–Trinajstić information content (AvgIpc) is 2.60. The van der Waals surface area contributed by atoms with Gasteiger partial charge >= 0.3 is 0 Å². The molecule has 1 fully saturated rings. The van der Waals surface area contributed by atoms with Crippen LogP contribution in [0.15, 0.2) is 23.1 Å². The fourth-order valence-corrected chi connectivity index (χ4v) is 4.53. The molecule has 25 heavy (non-hydrogen) atoms. The van der Waals surface area contributed by atoms with E-state index in [1.807, 2.05) is 13.8 Å². The van der Waals surface area contributed by atoms with Gasteiger partial charge in [-0.05, 0) is 38.8 Å². The molecule has 1 aromatic carbocycles.